The average molecular weight is 536 g/mol. The predicted octanol–water partition coefficient (Wildman–Crippen LogP) is 3.09. The van der Waals surface area contributed by atoms with Crippen LogP contribution in [0.25, 0.3) is 0 Å². The highest BCUT2D eigenvalue weighted by molar-refractivity contribution is 6.00. The third-order valence-electron chi connectivity index (χ3n) is 8.96. The molecule has 1 aromatic rings. The first-order valence-corrected chi connectivity index (χ1v) is 14.2. The van der Waals surface area contributed by atoms with Crippen molar-refractivity contribution in [3.05, 3.63) is 60.2 Å². The van der Waals surface area contributed by atoms with E-state index in [4.69, 9.17) is 4.74 Å². The highest BCUT2D eigenvalue weighted by Crippen LogP contribution is 2.59. The molecule has 210 valence electrons. The van der Waals surface area contributed by atoms with Gasteiger partial charge in [-0.05, 0) is 39.2 Å². The van der Waals surface area contributed by atoms with Crippen molar-refractivity contribution in [2.45, 2.75) is 76.3 Å². The largest absolute Gasteiger partial charge is 0.394 e. The Bertz CT molecular complexity index is 1190. The highest BCUT2D eigenvalue weighted by atomic mass is 16.5. The van der Waals surface area contributed by atoms with Crippen LogP contribution in [0.15, 0.2) is 54.6 Å². The molecule has 4 aliphatic rings. The molecule has 1 spiro atoms. The molecule has 6 atom stereocenters. The van der Waals surface area contributed by atoms with E-state index in [1.807, 2.05) is 89.3 Å². The number of carbonyl (C=O) groups excluding carboxylic acids is 3. The molecule has 0 saturated carbocycles. The highest BCUT2D eigenvalue weighted by Gasteiger charge is 2.76. The van der Waals surface area contributed by atoms with Gasteiger partial charge in [0, 0.05) is 25.2 Å². The van der Waals surface area contributed by atoms with Crippen LogP contribution in [-0.2, 0) is 19.1 Å². The fourth-order valence-corrected chi connectivity index (χ4v) is 7.19. The van der Waals surface area contributed by atoms with E-state index in [1.165, 1.54) is 4.90 Å². The van der Waals surface area contributed by atoms with Crippen LogP contribution in [-0.4, -0.2) is 86.6 Å². The Morgan fingerprint density at radius 2 is 1.67 bits per heavy atom. The molecule has 39 heavy (non-hydrogen) atoms. The van der Waals surface area contributed by atoms with Crippen molar-refractivity contribution in [3.63, 3.8) is 0 Å². The fraction of sp³-hybridized carbons (Fsp3) is 0.581. The Morgan fingerprint density at radius 1 is 0.974 bits per heavy atom. The molecule has 1 N–H and O–H groups in total. The van der Waals surface area contributed by atoms with Crippen LogP contribution < -0.4 is 0 Å². The number of rotatable bonds is 6. The van der Waals surface area contributed by atoms with Gasteiger partial charge in [-0.1, -0.05) is 68.5 Å². The van der Waals surface area contributed by atoms with E-state index in [9.17, 15) is 19.5 Å². The summed E-state index contributed by atoms with van der Waals surface area (Å²) in [6, 6.07) is 7.50. The molecule has 0 radical (unpaired) electrons. The van der Waals surface area contributed by atoms with E-state index in [0.717, 1.165) is 12.0 Å². The second-order valence-corrected chi connectivity index (χ2v) is 12.2. The molecule has 8 heteroatoms. The van der Waals surface area contributed by atoms with Crippen LogP contribution >= 0.6 is 0 Å². The Labute approximate surface area is 231 Å². The molecule has 1 aromatic carbocycles. The van der Waals surface area contributed by atoms with Gasteiger partial charge in [0.15, 0.2) is 0 Å². The zero-order chi connectivity index (χ0) is 28.2. The number of benzene rings is 1. The Morgan fingerprint density at radius 3 is 2.28 bits per heavy atom. The molecular formula is C31H41N3O5. The predicted molar refractivity (Wildman–Crippen MR) is 147 cm³/mol. The lowest BCUT2D eigenvalue weighted by atomic mass is 9.73. The quantitative estimate of drug-likeness (QED) is 0.566. The van der Waals surface area contributed by atoms with E-state index < -0.39 is 40.7 Å². The lowest BCUT2D eigenvalue weighted by Crippen LogP contribution is -2.59. The van der Waals surface area contributed by atoms with Gasteiger partial charge in [0.1, 0.15) is 11.6 Å². The van der Waals surface area contributed by atoms with Gasteiger partial charge >= 0.3 is 0 Å². The van der Waals surface area contributed by atoms with Crippen LogP contribution in [0.4, 0.5) is 0 Å². The number of nitrogens with zero attached hydrogens (tertiary/aromatic N) is 3. The van der Waals surface area contributed by atoms with Crippen LogP contribution in [0.3, 0.4) is 0 Å². The summed E-state index contributed by atoms with van der Waals surface area (Å²) in [5.74, 6) is -2.34. The van der Waals surface area contributed by atoms with Gasteiger partial charge in [-0.2, -0.15) is 0 Å². The number of ether oxygens (including phenoxy) is 1. The molecule has 2 saturated heterocycles. The number of fused-ring (bicyclic) bond motifs is 2. The topological polar surface area (TPSA) is 90.4 Å². The van der Waals surface area contributed by atoms with Crippen LogP contribution in [0.5, 0.6) is 0 Å². The van der Waals surface area contributed by atoms with E-state index in [2.05, 4.69) is 0 Å². The number of likely N-dealkylation sites (tertiary alicyclic amines) is 1. The number of hydrogen-bond donors (Lipinski definition) is 1. The van der Waals surface area contributed by atoms with Crippen LogP contribution in [0.2, 0.25) is 0 Å². The minimum absolute atomic E-state index is 0.113. The van der Waals surface area contributed by atoms with E-state index in [1.54, 1.807) is 9.80 Å². The van der Waals surface area contributed by atoms with Crippen molar-refractivity contribution >= 4 is 17.7 Å². The summed E-state index contributed by atoms with van der Waals surface area (Å²) in [6.45, 7) is 11.0. The maximum Gasteiger partial charge on any atom is 0.249 e. The molecule has 4 aliphatic heterocycles. The normalized spacial score (nSPS) is 33.1. The minimum atomic E-state index is -1.34. The first-order valence-electron chi connectivity index (χ1n) is 14.2. The third-order valence-corrected chi connectivity index (χ3v) is 8.96. The van der Waals surface area contributed by atoms with E-state index >= 15 is 0 Å². The molecule has 4 heterocycles. The van der Waals surface area contributed by atoms with Gasteiger partial charge in [-0.3, -0.25) is 14.4 Å². The van der Waals surface area contributed by atoms with Crippen molar-refractivity contribution in [2.75, 3.05) is 26.2 Å². The Balaban J connectivity index is 1.73. The summed E-state index contributed by atoms with van der Waals surface area (Å²) in [6.07, 6.45) is 9.00. The van der Waals surface area contributed by atoms with Crippen molar-refractivity contribution in [1.82, 2.24) is 14.7 Å². The van der Waals surface area contributed by atoms with Gasteiger partial charge in [0.05, 0.1) is 30.1 Å². The number of hydrogen-bond acceptors (Lipinski definition) is 5. The Kier molecular flexibility index (Phi) is 7.00. The number of aliphatic hydroxyl groups is 1. The maximum atomic E-state index is 14.7. The van der Waals surface area contributed by atoms with E-state index in [0.29, 0.717) is 26.1 Å². The van der Waals surface area contributed by atoms with Gasteiger partial charge in [-0.25, -0.2) is 0 Å². The molecule has 0 aromatic heterocycles. The second kappa shape index (κ2) is 9.89. The molecule has 3 amide bonds. The monoisotopic (exact) mass is 535 g/mol. The van der Waals surface area contributed by atoms with Crippen molar-refractivity contribution in [2.24, 2.45) is 11.8 Å². The number of aliphatic hydroxyl groups excluding tert-OH is 1. The zero-order valence-corrected chi connectivity index (χ0v) is 23.7. The number of amides is 3. The molecular weight excluding hydrogens is 494 g/mol. The third kappa shape index (κ3) is 4.06. The van der Waals surface area contributed by atoms with Gasteiger partial charge in [-0.15, -0.1) is 0 Å². The smallest absolute Gasteiger partial charge is 0.249 e. The molecule has 0 aliphatic carbocycles. The standard InChI is InChI=1S/C31H41N3O5/c1-6-17-32-18-11-15-30(7-2)23(26(32)36)24-27(37)34(22(20-35)21-13-9-8-10-14-21)25-28(38)33(29(3,4)5)19-12-16-31(24,25)39-30/h8-16,22-25,35H,6-7,17-20H2,1-5H3/t22-,23-,24+,25?,30+,31+/m1/s1. The summed E-state index contributed by atoms with van der Waals surface area (Å²) in [4.78, 5) is 48.6. The summed E-state index contributed by atoms with van der Waals surface area (Å²) in [5.41, 5.74) is -2.13. The molecule has 1 unspecified atom stereocenters. The first kappa shape index (κ1) is 27.6. The lowest BCUT2D eigenvalue weighted by Gasteiger charge is -2.43. The minimum Gasteiger partial charge on any atom is -0.394 e. The second-order valence-electron chi connectivity index (χ2n) is 12.2. The zero-order valence-electron chi connectivity index (χ0n) is 23.7. The maximum absolute atomic E-state index is 14.7. The molecule has 8 nitrogen and oxygen atoms in total. The van der Waals surface area contributed by atoms with Crippen LogP contribution in [0.1, 0.15) is 59.1 Å². The van der Waals surface area contributed by atoms with Crippen molar-refractivity contribution in [1.29, 1.82) is 0 Å². The Hall–Kier alpha value is -2.97. The van der Waals surface area contributed by atoms with Gasteiger partial charge in [0.2, 0.25) is 17.7 Å². The number of carbonyl (C=O) groups is 3. The lowest BCUT2D eigenvalue weighted by molar-refractivity contribution is -0.159. The summed E-state index contributed by atoms with van der Waals surface area (Å²) in [7, 11) is 0. The van der Waals surface area contributed by atoms with Crippen LogP contribution in [0, 0.1) is 11.8 Å². The average Bonchev–Trinajstić information content (AvgIpc) is 3.19. The SMILES string of the molecule is CCCN1CC=C[C@]2(CC)O[C@]34C=CCN(C(C)(C)C)C(=O)C3N([C@H](CO)c3ccccc3)C(=O)[C@@H]4[C@@H]2C1=O. The van der Waals surface area contributed by atoms with Gasteiger partial charge < -0.3 is 24.5 Å². The molecule has 0 bridgehead atoms. The van der Waals surface area contributed by atoms with Crippen molar-refractivity contribution < 1.29 is 24.2 Å². The molecule has 5 rings (SSSR count). The first-order chi connectivity index (χ1) is 18.6. The fourth-order valence-electron chi connectivity index (χ4n) is 7.19. The summed E-state index contributed by atoms with van der Waals surface area (Å²) < 4.78 is 7.02. The summed E-state index contributed by atoms with van der Waals surface area (Å²) in [5, 5.41) is 10.7. The van der Waals surface area contributed by atoms with Crippen molar-refractivity contribution in [3.8, 4) is 0 Å². The van der Waals surface area contributed by atoms with Gasteiger partial charge in [0.25, 0.3) is 0 Å². The summed E-state index contributed by atoms with van der Waals surface area (Å²) >= 11 is 0. The van der Waals surface area contributed by atoms with E-state index in [-0.39, 0.29) is 24.3 Å². The molecule has 2 fully saturated rings.